The number of amides is 1. The Bertz CT molecular complexity index is 820. The van der Waals surface area contributed by atoms with E-state index in [1.54, 1.807) is 23.2 Å². The van der Waals surface area contributed by atoms with Gasteiger partial charge in [-0.15, -0.1) is 0 Å². The fourth-order valence-corrected chi connectivity index (χ4v) is 3.23. The number of ether oxygens (including phenoxy) is 2. The number of pyridine rings is 1. The molecule has 25 heavy (non-hydrogen) atoms. The zero-order valence-corrected chi connectivity index (χ0v) is 14.8. The van der Waals surface area contributed by atoms with Gasteiger partial charge in [0.15, 0.2) is 0 Å². The molecule has 1 fully saturated rings. The lowest BCUT2D eigenvalue weighted by Gasteiger charge is -2.29. The summed E-state index contributed by atoms with van der Waals surface area (Å²) in [6.07, 6.45) is 5.37. The number of nitrogens with zero attached hydrogens (tertiary/aromatic N) is 2. The van der Waals surface area contributed by atoms with Crippen LogP contribution < -0.4 is 14.4 Å². The third kappa shape index (κ3) is 3.16. The van der Waals surface area contributed by atoms with Crippen molar-refractivity contribution in [2.45, 2.75) is 32.3 Å². The fraction of sp³-hybridized carbons (Fsp3) is 0.368. The molecule has 0 unspecified atom stereocenters. The van der Waals surface area contributed by atoms with Gasteiger partial charge in [0, 0.05) is 6.20 Å². The second-order valence-electron chi connectivity index (χ2n) is 6.45. The van der Waals surface area contributed by atoms with E-state index in [1.807, 2.05) is 19.1 Å². The lowest BCUT2D eigenvalue weighted by atomic mass is 9.96. The van der Waals surface area contributed by atoms with Gasteiger partial charge in [-0.3, -0.25) is 4.79 Å². The number of hydrogen-bond donors (Lipinski definition) is 0. The van der Waals surface area contributed by atoms with Crippen LogP contribution in [0.2, 0.25) is 5.02 Å². The van der Waals surface area contributed by atoms with Crippen LogP contribution in [0.5, 0.6) is 11.6 Å². The average Bonchev–Trinajstić information content (AvgIpc) is 2.57. The summed E-state index contributed by atoms with van der Waals surface area (Å²) >= 11 is 6.37. The highest BCUT2D eigenvalue weighted by Gasteiger charge is 2.27. The van der Waals surface area contributed by atoms with Gasteiger partial charge in [-0.05, 0) is 56.0 Å². The minimum absolute atomic E-state index is 0.155. The van der Waals surface area contributed by atoms with E-state index in [1.165, 1.54) is 6.42 Å². The summed E-state index contributed by atoms with van der Waals surface area (Å²) in [4.78, 5) is 18.9. The number of rotatable bonds is 3. The molecule has 6 heteroatoms. The molecule has 1 aromatic heterocycles. The van der Waals surface area contributed by atoms with Crippen molar-refractivity contribution in [1.82, 2.24) is 4.98 Å². The smallest absolute Gasteiger partial charge is 0.260 e. The van der Waals surface area contributed by atoms with Crippen LogP contribution in [0.15, 0.2) is 30.5 Å². The van der Waals surface area contributed by atoms with E-state index in [0.717, 1.165) is 18.4 Å². The number of hydrogen-bond acceptors (Lipinski definition) is 4. The molecule has 130 valence electrons. The van der Waals surface area contributed by atoms with E-state index in [4.69, 9.17) is 21.1 Å². The molecule has 2 aromatic rings. The number of anilines is 1. The van der Waals surface area contributed by atoms with Crippen LogP contribution in [0.4, 0.5) is 5.69 Å². The predicted molar refractivity (Wildman–Crippen MR) is 95.9 cm³/mol. The van der Waals surface area contributed by atoms with Gasteiger partial charge in [0.05, 0.1) is 23.2 Å². The fourth-order valence-electron chi connectivity index (χ4n) is 2.98. The van der Waals surface area contributed by atoms with Gasteiger partial charge in [0.25, 0.3) is 5.91 Å². The van der Waals surface area contributed by atoms with Crippen LogP contribution in [-0.4, -0.2) is 30.1 Å². The van der Waals surface area contributed by atoms with Crippen molar-refractivity contribution in [2.24, 2.45) is 0 Å². The molecule has 0 atom stereocenters. The highest BCUT2D eigenvalue weighted by atomic mass is 35.5. The summed E-state index contributed by atoms with van der Waals surface area (Å²) in [7, 11) is 0. The highest BCUT2D eigenvalue weighted by Crippen LogP contribution is 2.33. The molecule has 0 saturated heterocycles. The van der Waals surface area contributed by atoms with Crippen LogP contribution in [0, 0.1) is 6.92 Å². The van der Waals surface area contributed by atoms with Gasteiger partial charge in [0.1, 0.15) is 18.0 Å². The first-order valence-electron chi connectivity index (χ1n) is 8.49. The second-order valence-corrected chi connectivity index (χ2v) is 6.86. The number of aryl methyl sites for hydroxylation is 1. The van der Waals surface area contributed by atoms with Gasteiger partial charge in [-0.25, -0.2) is 4.98 Å². The maximum atomic E-state index is 13.0. The van der Waals surface area contributed by atoms with Crippen molar-refractivity contribution < 1.29 is 14.3 Å². The highest BCUT2D eigenvalue weighted by molar-refractivity contribution is 6.34. The summed E-state index contributed by atoms with van der Waals surface area (Å²) in [6, 6.07) is 7.18. The first-order chi connectivity index (χ1) is 12.1. The molecule has 4 rings (SSSR count). The minimum atomic E-state index is -0.155. The largest absolute Gasteiger partial charge is 0.490 e. The Hall–Kier alpha value is -2.27. The first kappa shape index (κ1) is 16.2. The van der Waals surface area contributed by atoms with Crippen molar-refractivity contribution in [3.05, 3.63) is 46.6 Å². The van der Waals surface area contributed by atoms with Crippen molar-refractivity contribution in [3.63, 3.8) is 0 Å². The van der Waals surface area contributed by atoms with E-state index in [9.17, 15) is 4.79 Å². The van der Waals surface area contributed by atoms with Gasteiger partial charge < -0.3 is 14.4 Å². The molecule has 5 nitrogen and oxygen atoms in total. The van der Waals surface area contributed by atoms with E-state index in [0.29, 0.717) is 41.1 Å². The van der Waals surface area contributed by atoms with E-state index in [-0.39, 0.29) is 12.0 Å². The minimum Gasteiger partial charge on any atom is -0.490 e. The van der Waals surface area contributed by atoms with Crippen LogP contribution >= 0.6 is 11.6 Å². The van der Waals surface area contributed by atoms with Gasteiger partial charge in [0.2, 0.25) is 5.88 Å². The first-order valence-corrected chi connectivity index (χ1v) is 8.87. The summed E-state index contributed by atoms with van der Waals surface area (Å²) in [6.45, 7) is 2.81. The summed E-state index contributed by atoms with van der Waals surface area (Å²) < 4.78 is 11.4. The molecule has 1 aliphatic carbocycles. The number of halogens is 1. The lowest BCUT2D eigenvalue weighted by molar-refractivity contribution is 0.0975. The SMILES string of the molecule is Cc1cnc2c(c1)N(C(=O)c1ccc(OC3CCC3)cc1Cl)CCO2. The molecule has 1 aliphatic heterocycles. The molecular formula is C19H19ClN2O3. The molecule has 2 heterocycles. The Balaban J connectivity index is 1.60. The van der Waals surface area contributed by atoms with Crippen molar-refractivity contribution in [2.75, 3.05) is 18.1 Å². The molecule has 0 radical (unpaired) electrons. The number of fused-ring (bicyclic) bond motifs is 1. The third-order valence-electron chi connectivity index (χ3n) is 4.58. The van der Waals surface area contributed by atoms with Gasteiger partial charge in [-0.2, -0.15) is 0 Å². The monoisotopic (exact) mass is 358 g/mol. The van der Waals surface area contributed by atoms with Crippen molar-refractivity contribution in [3.8, 4) is 11.6 Å². The van der Waals surface area contributed by atoms with E-state index < -0.39 is 0 Å². The van der Waals surface area contributed by atoms with Crippen LogP contribution in [0.25, 0.3) is 0 Å². The number of aromatic nitrogens is 1. The Morgan fingerprint density at radius 3 is 2.92 bits per heavy atom. The van der Waals surface area contributed by atoms with Gasteiger partial charge >= 0.3 is 0 Å². The zero-order chi connectivity index (χ0) is 17.4. The summed E-state index contributed by atoms with van der Waals surface area (Å²) in [5.74, 6) is 1.04. The molecule has 1 saturated carbocycles. The lowest BCUT2D eigenvalue weighted by Crippen LogP contribution is -2.38. The van der Waals surface area contributed by atoms with Crippen LogP contribution in [-0.2, 0) is 0 Å². The van der Waals surface area contributed by atoms with Crippen LogP contribution in [0.1, 0.15) is 35.2 Å². The predicted octanol–water partition coefficient (Wildman–Crippen LogP) is 4.01. The Kier molecular flexibility index (Phi) is 4.25. The standard InChI is InChI=1S/C19H19ClN2O3/c1-12-9-17-18(21-11-12)24-8-7-22(17)19(23)15-6-5-14(10-16(15)20)25-13-3-2-4-13/h5-6,9-11,13H,2-4,7-8H2,1H3. The molecule has 1 amide bonds. The topological polar surface area (TPSA) is 51.7 Å². The van der Waals surface area contributed by atoms with E-state index >= 15 is 0 Å². The van der Waals surface area contributed by atoms with Crippen molar-refractivity contribution in [1.29, 1.82) is 0 Å². The number of benzene rings is 1. The van der Waals surface area contributed by atoms with E-state index in [2.05, 4.69) is 4.98 Å². The van der Waals surface area contributed by atoms with Crippen molar-refractivity contribution >= 4 is 23.2 Å². The average molecular weight is 359 g/mol. The Morgan fingerprint density at radius 2 is 2.20 bits per heavy atom. The summed E-state index contributed by atoms with van der Waals surface area (Å²) in [5, 5.41) is 0.399. The maximum absolute atomic E-state index is 13.0. The van der Waals surface area contributed by atoms with Crippen LogP contribution in [0.3, 0.4) is 0 Å². The van der Waals surface area contributed by atoms with Gasteiger partial charge in [-0.1, -0.05) is 11.6 Å². The molecule has 0 N–H and O–H groups in total. The maximum Gasteiger partial charge on any atom is 0.260 e. The normalized spacial score (nSPS) is 16.6. The number of carbonyl (C=O) groups is 1. The zero-order valence-electron chi connectivity index (χ0n) is 14.0. The Morgan fingerprint density at radius 1 is 1.36 bits per heavy atom. The summed E-state index contributed by atoms with van der Waals surface area (Å²) in [5.41, 5.74) is 2.11. The molecule has 0 bridgehead atoms. The Labute approximate surface area is 151 Å². The molecule has 0 spiro atoms. The second kappa shape index (κ2) is 6.56. The quantitative estimate of drug-likeness (QED) is 0.831. The number of carbonyl (C=O) groups excluding carboxylic acids is 1. The molecule has 1 aromatic carbocycles. The molecule has 2 aliphatic rings. The molecular weight excluding hydrogens is 340 g/mol. The third-order valence-corrected chi connectivity index (χ3v) is 4.90.